The number of amides is 1. The van der Waals surface area contributed by atoms with Gasteiger partial charge in [-0.15, -0.1) is 11.8 Å². The molecule has 0 aliphatic carbocycles. The van der Waals surface area contributed by atoms with Crippen molar-refractivity contribution < 1.29 is 27.1 Å². The van der Waals surface area contributed by atoms with E-state index in [1.54, 1.807) is 12.1 Å². The van der Waals surface area contributed by atoms with Crippen LogP contribution in [0.2, 0.25) is 0 Å². The summed E-state index contributed by atoms with van der Waals surface area (Å²) in [5.74, 6) is -0.800. The highest BCUT2D eigenvalue weighted by molar-refractivity contribution is 7.99. The summed E-state index contributed by atoms with van der Waals surface area (Å²) >= 11 is 1.29. The summed E-state index contributed by atoms with van der Waals surface area (Å²) in [6, 6.07) is 11.6. The molecule has 0 aromatic heterocycles. The molecule has 9 heteroatoms. The lowest BCUT2D eigenvalue weighted by Crippen LogP contribution is -2.21. The Morgan fingerprint density at radius 1 is 1.07 bits per heavy atom. The lowest BCUT2D eigenvalue weighted by atomic mass is 10.2. The van der Waals surface area contributed by atoms with Crippen LogP contribution >= 0.6 is 11.8 Å². The van der Waals surface area contributed by atoms with E-state index in [0.29, 0.717) is 11.4 Å². The number of hydrogen-bond donors (Lipinski definition) is 1. The van der Waals surface area contributed by atoms with Crippen molar-refractivity contribution in [3.63, 3.8) is 0 Å². The van der Waals surface area contributed by atoms with Gasteiger partial charge in [-0.1, -0.05) is 12.1 Å². The third-order valence-electron chi connectivity index (χ3n) is 3.33. The average Bonchev–Trinajstić information content (AvgIpc) is 2.61. The quantitative estimate of drug-likeness (QED) is 0.672. The molecule has 2 aromatic rings. The summed E-state index contributed by atoms with van der Waals surface area (Å²) in [5, 5.41) is 2.51. The van der Waals surface area contributed by atoms with Gasteiger partial charge in [0.15, 0.2) is 16.4 Å². The maximum atomic E-state index is 12.8. The maximum absolute atomic E-state index is 12.8. The minimum atomic E-state index is -3.30. The molecule has 2 aromatic carbocycles. The van der Waals surface area contributed by atoms with Crippen LogP contribution in [-0.2, 0) is 29.9 Å². The van der Waals surface area contributed by atoms with Crippen molar-refractivity contribution in [2.24, 2.45) is 0 Å². The van der Waals surface area contributed by atoms with Crippen LogP contribution in [0.3, 0.4) is 0 Å². The summed E-state index contributed by atoms with van der Waals surface area (Å²) < 4.78 is 40.4. The van der Waals surface area contributed by atoms with E-state index in [0.717, 1.165) is 11.8 Å². The number of carbonyl (C=O) groups excluding carboxylic acids is 2. The fourth-order valence-electron chi connectivity index (χ4n) is 2.00. The van der Waals surface area contributed by atoms with Crippen LogP contribution in [0.5, 0.6) is 0 Å². The number of rotatable bonds is 8. The highest BCUT2D eigenvalue weighted by Gasteiger charge is 2.10. The number of thioether (sulfide) groups is 1. The molecular weight excluding hydrogens is 393 g/mol. The lowest BCUT2D eigenvalue weighted by molar-refractivity contribution is -0.144. The summed E-state index contributed by atoms with van der Waals surface area (Å²) in [6.07, 6.45) is 1.09. The molecule has 0 unspecified atom stereocenters. The van der Waals surface area contributed by atoms with E-state index in [2.05, 4.69) is 5.32 Å². The van der Waals surface area contributed by atoms with Crippen molar-refractivity contribution in [3.8, 4) is 0 Å². The molecule has 0 aliphatic rings. The molecule has 0 saturated heterocycles. The minimum Gasteiger partial charge on any atom is -0.455 e. The van der Waals surface area contributed by atoms with Crippen molar-refractivity contribution in [1.82, 2.24) is 0 Å². The van der Waals surface area contributed by atoms with Gasteiger partial charge >= 0.3 is 5.97 Å². The second kappa shape index (κ2) is 9.52. The highest BCUT2D eigenvalue weighted by Crippen LogP contribution is 2.14. The van der Waals surface area contributed by atoms with Crippen LogP contribution in [0, 0.1) is 5.82 Å². The van der Waals surface area contributed by atoms with Crippen LogP contribution in [0.1, 0.15) is 5.56 Å². The third-order valence-corrected chi connectivity index (χ3v) is 5.44. The number of nitrogens with one attached hydrogen (secondary N) is 1. The van der Waals surface area contributed by atoms with E-state index in [1.165, 1.54) is 48.2 Å². The molecule has 0 radical (unpaired) electrons. The van der Waals surface area contributed by atoms with E-state index in [1.807, 2.05) is 0 Å². The van der Waals surface area contributed by atoms with Gasteiger partial charge in [-0.2, -0.15) is 0 Å². The first-order chi connectivity index (χ1) is 12.7. The summed E-state index contributed by atoms with van der Waals surface area (Å²) in [4.78, 5) is 23.6. The average molecular weight is 411 g/mol. The molecule has 0 aliphatic heterocycles. The number of hydrogen-bond acceptors (Lipinski definition) is 6. The molecule has 1 amide bonds. The van der Waals surface area contributed by atoms with Gasteiger partial charge in [-0.3, -0.25) is 9.59 Å². The molecule has 1 N–H and O–H groups in total. The number of anilines is 1. The zero-order valence-electron chi connectivity index (χ0n) is 14.5. The van der Waals surface area contributed by atoms with Gasteiger partial charge in [0.1, 0.15) is 5.82 Å². The zero-order valence-corrected chi connectivity index (χ0v) is 16.1. The molecule has 6 nitrogen and oxygen atoms in total. The Bertz CT molecular complexity index is 896. The highest BCUT2D eigenvalue weighted by atomic mass is 32.2. The van der Waals surface area contributed by atoms with Gasteiger partial charge in [-0.25, -0.2) is 12.8 Å². The molecule has 2 rings (SSSR count). The number of halogens is 1. The van der Waals surface area contributed by atoms with Crippen molar-refractivity contribution in [2.75, 3.05) is 23.9 Å². The van der Waals surface area contributed by atoms with Crippen LogP contribution < -0.4 is 5.32 Å². The molecule has 27 heavy (non-hydrogen) atoms. The molecular formula is C18H18FNO5S2. The van der Waals surface area contributed by atoms with Crippen LogP contribution in [-0.4, -0.2) is 38.9 Å². The zero-order chi connectivity index (χ0) is 19.9. The van der Waals surface area contributed by atoms with Gasteiger partial charge in [0.05, 0.1) is 10.6 Å². The Morgan fingerprint density at radius 3 is 2.30 bits per heavy atom. The predicted octanol–water partition coefficient (Wildman–Crippen LogP) is 2.64. The molecule has 144 valence electrons. The predicted molar refractivity (Wildman–Crippen MR) is 102 cm³/mol. The van der Waals surface area contributed by atoms with E-state index >= 15 is 0 Å². The smallest absolute Gasteiger partial charge is 0.316 e. The normalized spacial score (nSPS) is 11.0. The van der Waals surface area contributed by atoms with Gasteiger partial charge < -0.3 is 10.1 Å². The van der Waals surface area contributed by atoms with E-state index in [4.69, 9.17) is 4.74 Å². The fraction of sp³-hybridized carbons (Fsp3) is 0.222. The van der Waals surface area contributed by atoms with Crippen molar-refractivity contribution in [1.29, 1.82) is 0 Å². The lowest BCUT2D eigenvalue weighted by Gasteiger charge is -2.07. The Kier molecular flexibility index (Phi) is 7.37. The fourth-order valence-corrected chi connectivity index (χ4v) is 3.41. The number of carbonyl (C=O) groups is 2. The van der Waals surface area contributed by atoms with Crippen molar-refractivity contribution in [3.05, 3.63) is 59.9 Å². The van der Waals surface area contributed by atoms with Crippen LogP contribution in [0.15, 0.2) is 53.4 Å². The molecule has 0 spiro atoms. The van der Waals surface area contributed by atoms with E-state index < -0.39 is 28.3 Å². The first-order valence-corrected chi connectivity index (χ1v) is 10.9. The molecule has 0 saturated carbocycles. The summed E-state index contributed by atoms with van der Waals surface area (Å²) in [7, 11) is -3.30. The van der Waals surface area contributed by atoms with Crippen molar-refractivity contribution >= 4 is 39.2 Å². The minimum absolute atomic E-state index is 0.0632. The summed E-state index contributed by atoms with van der Waals surface area (Å²) in [5.41, 5.74) is 1.28. The first-order valence-electron chi connectivity index (χ1n) is 7.82. The van der Waals surface area contributed by atoms with E-state index in [9.17, 15) is 22.4 Å². The topological polar surface area (TPSA) is 89.5 Å². The molecule has 0 heterocycles. The van der Waals surface area contributed by atoms with Gasteiger partial charge in [0.25, 0.3) is 5.91 Å². The third kappa shape index (κ3) is 7.40. The number of ether oxygens (including phenoxy) is 1. The van der Waals surface area contributed by atoms with E-state index in [-0.39, 0.29) is 16.5 Å². The standard InChI is InChI=1S/C18H18FNO5S2/c1-27(23,24)16-8-6-15(7-9-16)20-17(21)10-25-18(22)12-26-11-13-2-4-14(19)5-3-13/h2-9H,10-12H2,1H3,(H,20,21). The van der Waals surface area contributed by atoms with Crippen molar-refractivity contribution in [2.45, 2.75) is 10.6 Å². The maximum Gasteiger partial charge on any atom is 0.316 e. The Labute approximate surface area is 161 Å². The van der Waals surface area contributed by atoms with Crippen LogP contribution in [0.25, 0.3) is 0 Å². The molecule has 0 atom stereocenters. The monoisotopic (exact) mass is 411 g/mol. The second-order valence-electron chi connectivity index (χ2n) is 5.62. The Hall–Kier alpha value is -2.39. The van der Waals surface area contributed by atoms with Gasteiger partial charge in [0.2, 0.25) is 0 Å². The van der Waals surface area contributed by atoms with Gasteiger partial charge in [0, 0.05) is 17.7 Å². The first kappa shape index (κ1) is 20.9. The van der Waals surface area contributed by atoms with Gasteiger partial charge in [-0.05, 0) is 42.0 Å². The SMILES string of the molecule is CS(=O)(=O)c1ccc(NC(=O)COC(=O)CSCc2ccc(F)cc2)cc1. The molecule has 0 bridgehead atoms. The molecule has 0 fully saturated rings. The largest absolute Gasteiger partial charge is 0.455 e. The Morgan fingerprint density at radius 2 is 1.70 bits per heavy atom. The second-order valence-corrected chi connectivity index (χ2v) is 8.63. The Balaban J connectivity index is 1.70. The summed E-state index contributed by atoms with van der Waals surface area (Å²) in [6.45, 7) is -0.441. The van der Waals surface area contributed by atoms with Crippen LogP contribution in [0.4, 0.5) is 10.1 Å². The number of benzene rings is 2. The number of sulfone groups is 1. The number of esters is 1.